The third kappa shape index (κ3) is 2.28. The van der Waals surface area contributed by atoms with Gasteiger partial charge in [-0.3, -0.25) is 0 Å². The van der Waals surface area contributed by atoms with Crippen LogP contribution in [0.1, 0.15) is 32.8 Å². The van der Waals surface area contributed by atoms with Gasteiger partial charge in [0.1, 0.15) is 0 Å². The molecule has 0 aromatic heterocycles. The fourth-order valence-electron chi connectivity index (χ4n) is 1.53. The lowest BCUT2D eigenvalue weighted by Crippen LogP contribution is -2.39. The molecule has 0 aliphatic carbocycles. The molecule has 1 rings (SSSR count). The Morgan fingerprint density at radius 1 is 1.50 bits per heavy atom. The highest BCUT2D eigenvalue weighted by molar-refractivity contribution is 6.30. The molecule has 1 nitrogen and oxygen atoms in total. The minimum Gasteiger partial charge on any atom is -0.321 e. The number of hydrogen-bond donors (Lipinski definition) is 1. The molecular formula is C12H18ClN. The normalized spacial score (nSPS) is 17.5. The number of halogens is 1. The van der Waals surface area contributed by atoms with E-state index in [1.54, 1.807) is 0 Å². The van der Waals surface area contributed by atoms with Crippen LogP contribution >= 0.6 is 11.6 Å². The molecule has 0 spiro atoms. The van der Waals surface area contributed by atoms with E-state index in [9.17, 15) is 0 Å². The average molecular weight is 212 g/mol. The monoisotopic (exact) mass is 211 g/mol. The Balaban J connectivity index is 3.03. The van der Waals surface area contributed by atoms with Gasteiger partial charge in [-0.05, 0) is 30.5 Å². The van der Waals surface area contributed by atoms with E-state index in [0.717, 1.165) is 17.0 Å². The van der Waals surface area contributed by atoms with E-state index < -0.39 is 0 Å². The number of rotatable bonds is 3. The third-order valence-electron chi connectivity index (χ3n) is 3.08. The summed E-state index contributed by atoms with van der Waals surface area (Å²) in [6.07, 6.45) is 1.07. The maximum Gasteiger partial charge on any atom is 0.0409 e. The highest BCUT2D eigenvalue weighted by Crippen LogP contribution is 2.29. The van der Waals surface area contributed by atoms with Gasteiger partial charge in [-0.1, -0.05) is 44.0 Å². The van der Waals surface area contributed by atoms with E-state index in [-0.39, 0.29) is 5.54 Å². The second-order valence-corrected chi connectivity index (χ2v) is 4.54. The van der Waals surface area contributed by atoms with Crippen LogP contribution in [0.2, 0.25) is 5.02 Å². The number of hydrogen-bond acceptors (Lipinski definition) is 1. The first-order valence-electron chi connectivity index (χ1n) is 5.03. The van der Waals surface area contributed by atoms with Crippen molar-refractivity contribution in [1.82, 2.24) is 0 Å². The van der Waals surface area contributed by atoms with Gasteiger partial charge in [0.2, 0.25) is 0 Å². The van der Waals surface area contributed by atoms with Crippen molar-refractivity contribution in [2.45, 2.75) is 32.7 Å². The van der Waals surface area contributed by atoms with Crippen LogP contribution in [0.5, 0.6) is 0 Å². The lowest BCUT2D eigenvalue weighted by atomic mass is 9.80. The maximum atomic E-state index is 6.30. The summed E-state index contributed by atoms with van der Waals surface area (Å²) >= 11 is 5.94. The van der Waals surface area contributed by atoms with E-state index in [1.807, 2.05) is 24.3 Å². The van der Waals surface area contributed by atoms with Crippen LogP contribution in [0.15, 0.2) is 24.3 Å². The van der Waals surface area contributed by atoms with E-state index in [4.69, 9.17) is 17.3 Å². The van der Waals surface area contributed by atoms with E-state index in [1.165, 1.54) is 0 Å². The summed E-state index contributed by atoms with van der Waals surface area (Å²) in [5.41, 5.74) is 7.12. The summed E-state index contributed by atoms with van der Waals surface area (Å²) in [6, 6.07) is 7.81. The topological polar surface area (TPSA) is 26.0 Å². The zero-order valence-corrected chi connectivity index (χ0v) is 9.81. The van der Waals surface area contributed by atoms with Crippen molar-refractivity contribution in [3.05, 3.63) is 34.9 Å². The molecule has 78 valence electrons. The molecular weight excluding hydrogens is 194 g/mol. The Morgan fingerprint density at radius 3 is 2.64 bits per heavy atom. The summed E-state index contributed by atoms with van der Waals surface area (Å²) < 4.78 is 0. The Bertz CT molecular complexity index is 307. The molecule has 2 heteroatoms. The summed E-state index contributed by atoms with van der Waals surface area (Å²) in [6.45, 7) is 6.38. The van der Waals surface area contributed by atoms with Gasteiger partial charge in [-0.15, -0.1) is 0 Å². The maximum absolute atomic E-state index is 6.30. The minimum absolute atomic E-state index is 0.292. The van der Waals surface area contributed by atoms with Crippen molar-refractivity contribution in [3.8, 4) is 0 Å². The molecule has 0 heterocycles. The molecule has 0 saturated heterocycles. The predicted molar refractivity (Wildman–Crippen MR) is 62.4 cm³/mol. The molecule has 0 aliphatic rings. The highest BCUT2D eigenvalue weighted by atomic mass is 35.5. The number of benzene rings is 1. The molecule has 0 fully saturated rings. The van der Waals surface area contributed by atoms with Gasteiger partial charge >= 0.3 is 0 Å². The molecule has 2 N–H and O–H groups in total. The van der Waals surface area contributed by atoms with Crippen LogP contribution in [-0.2, 0) is 5.54 Å². The first-order valence-corrected chi connectivity index (χ1v) is 5.41. The molecule has 0 saturated carbocycles. The lowest BCUT2D eigenvalue weighted by Gasteiger charge is -2.31. The molecule has 0 aliphatic heterocycles. The Morgan fingerprint density at radius 2 is 2.14 bits per heavy atom. The summed E-state index contributed by atoms with van der Waals surface area (Å²) in [4.78, 5) is 0. The van der Waals surface area contributed by atoms with Crippen LogP contribution in [0.25, 0.3) is 0 Å². The standard InChI is InChI=1S/C12H18ClN/c1-4-9(2)12(3,14)10-6-5-7-11(13)8-10/h5-9H,4,14H2,1-3H3. The van der Waals surface area contributed by atoms with Crippen molar-refractivity contribution in [2.75, 3.05) is 0 Å². The van der Waals surface area contributed by atoms with Crippen molar-refractivity contribution >= 4 is 11.6 Å². The van der Waals surface area contributed by atoms with Crippen molar-refractivity contribution in [2.24, 2.45) is 11.7 Å². The first-order chi connectivity index (χ1) is 6.48. The number of nitrogens with two attached hydrogens (primary N) is 1. The van der Waals surface area contributed by atoms with Crippen molar-refractivity contribution in [1.29, 1.82) is 0 Å². The molecule has 0 radical (unpaired) electrons. The van der Waals surface area contributed by atoms with Gasteiger partial charge in [0.05, 0.1) is 0 Å². The fraction of sp³-hybridized carbons (Fsp3) is 0.500. The molecule has 14 heavy (non-hydrogen) atoms. The molecule has 2 atom stereocenters. The van der Waals surface area contributed by atoms with E-state index in [0.29, 0.717) is 5.92 Å². The second-order valence-electron chi connectivity index (χ2n) is 4.10. The SMILES string of the molecule is CCC(C)C(C)(N)c1cccc(Cl)c1. The minimum atomic E-state index is -0.292. The van der Waals surface area contributed by atoms with E-state index >= 15 is 0 Å². The Hall–Kier alpha value is -0.530. The third-order valence-corrected chi connectivity index (χ3v) is 3.32. The summed E-state index contributed by atoms with van der Waals surface area (Å²) in [7, 11) is 0. The molecule has 0 amide bonds. The Labute approximate surface area is 91.3 Å². The van der Waals surface area contributed by atoms with Gasteiger partial charge in [0.25, 0.3) is 0 Å². The second kappa shape index (κ2) is 4.33. The van der Waals surface area contributed by atoms with Gasteiger partial charge in [-0.2, -0.15) is 0 Å². The lowest BCUT2D eigenvalue weighted by molar-refractivity contribution is 0.316. The quantitative estimate of drug-likeness (QED) is 0.813. The highest BCUT2D eigenvalue weighted by Gasteiger charge is 2.27. The fourth-order valence-corrected chi connectivity index (χ4v) is 1.72. The van der Waals surface area contributed by atoms with Crippen LogP contribution in [0.4, 0.5) is 0 Å². The van der Waals surface area contributed by atoms with Crippen LogP contribution in [0.3, 0.4) is 0 Å². The zero-order chi connectivity index (χ0) is 10.8. The molecule has 1 aromatic carbocycles. The van der Waals surface area contributed by atoms with Crippen LogP contribution < -0.4 is 5.73 Å². The van der Waals surface area contributed by atoms with E-state index in [2.05, 4.69) is 20.8 Å². The predicted octanol–water partition coefficient (Wildman–Crippen LogP) is 3.56. The van der Waals surface area contributed by atoms with Crippen LogP contribution in [0, 0.1) is 5.92 Å². The Kier molecular flexibility index (Phi) is 3.57. The van der Waals surface area contributed by atoms with Gasteiger partial charge in [-0.25, -0.2) is 0 Å². The molecule has 2 unspecified atom stereocenters. The summed E-state index contributed by atoms with van der Waals surface area (Å²) in [5, 5.41) is 0.752. The molecule has 1 aromatic rings. The van der Waals surface area contributed by atoms with Crippen LogP contribution in [-0.4, -0.2) is 0 Å². The first kappa shape index (κ1) is 11.5. The van der Waals surface area contributed by atoms with Crippen molar-refractivity contribution in [3.63, 3.8) is 0 Å². The van der Waals surface area contributed by atoms with Gasteiger partial charge < -0.3 is 5.73 Å². The molecule has 0 bridgehead atoms. The average Bonchev–Trinajstić information content (AvgIpc) is 2.16. The smallest absolute Gasteiger partial charge is 0.0409 e. The van der Waals surface area contributed by atoms with Gasteiger partial charge in [0.15, 0.2) is 0 Å². The summed E-state index contributed by atoms with van der Waals surface area (Å²) in [5.74, 6) is 0.445. The van der Waals surface area contributed by atoms with Gasteiger partial charge in [0, 0.05) is 10.6 Å². The largest absolute Gasteiger partial charge is 0.321 e. The van der Waals surface area contributed by atoms with Crippen molar-refractivity contribution < 1.29 is 0 Å². The zero-order valence-electron chi connectivity index (χ0n) is 9.05.